The third kappa shape index (κ3) is 6.33. The van der Waals surface area contributed by atoms with Gasteiger partial charge in [-0.25, -0.2) is 4.39 Å². The summed E-state index contributed by atoms with van der Waals surface area (Å²) in [6, 6.07) is 18.2. The van der Waals surface area contributed by atoms with E-state index in [4.69, 9.17) is 14.6 Å². The predicted octanol–water partition coefficient (Wildman–Crippen LogP) is 6.30. The lowest BCUT2D eigenvalue weighted by Crippen LogP contribution is -2.02. The Bertz CT molecular complexity index is 1080. The van der Waals surface area contributed by atoms with E-state index in [9.17, 15) is 9.18 Å². The first-order valence-electron chi connectivity index (χ1n) is 10.7. The van der Waals surface area contributed by atoms with Crippen LogP contribution in [0.3, 0.4) is 0 Å². The van der Waals surface area contributed by atoms with Crippen LogP contribution < -0.4 is 9.47 Å². The van der Waals surface area contributed by atoms with Crippen molar-refractivity contribution in [2.45, 2.75) is 39.7 Å². The summed E-state index contributed by atoms with van der Waals surface area (Å²) < 4.78 is 25.9. The lowest BCUT2D eigenvalue weighted by atomic mass is 9.92. The molecule has 4 nitrogen and oxygen atoms in total. The van der Waals surface area contributed by atoms with Gasteiger partial charge in [-0.2, -0.15) is 0 Å². The van der Waals surface area contributed by atoms with Gasteiger partial charge in [0.2, 0.25) is 0 Å². The number of carboxylic acid groups (broad SMARTS) is 1. The minimum atomic E-state index is -0.818. The first-order chi connectivity index (χ1) is 15.4. The number of carbonyl (C=O) groups is 1. The van der Waals surface area contributed by atoms with Crippen LogP contribution in [0.2, 0.25) is 0 Å². The number of hydrogen-bond donors (Lipinski definition) is 1. The van der Waals surface area contributed by atoms with Gasteiger partial charge in [0.15, 0.2) is 0 Å². The highest BCUT2D eigenvalue weighted by atomic mass is 19.1. The van der Waals surface area contributed by atoms with Crippen molar-refractivity contribution in [3.63, 3.8) is 0 Å². The molecule has 0 atom stereocenters. The van der Waals surface area contributed by atoms with E-state index < -0.39 is 5.97 Å². The van der Waals surface area contributed by atoms with Gasteiger partial charge in [0.1, 0.15) is 23.9 Å². The van der Waals surface area contributed by atoms with E-state index in [-0.39, 0.29) is 12.2 Å². The minimum Gasteiger partial charge on any atom is -0.497 e. The lowest BCUT2D eigenvalue weighted by molar-refractivity contribution is -0.136. The Balaban J connectivity index is 1.82. The second kappa shape index (κ2) is 10.8. The third-order valence-electron chi connectivity index (χ3n) is 5.19. The fraction of sp³-hybridized carbons (Fsp3) is 0.296. The molecule has 0 saturated heterocycles. The third-order valence-corrected chi connectivity index (χ3v) is 5.19. The molecular weight excluding hydrogens is 407 g/mol. The Morgan fingerprint density at radius 1 is 0.969 bits per heavy atom. The monoisotopic (exact) mass is 436 g/mol. The molecule has 5 heteroatoms. The molecule has 3 aromatic carbocycles. The molecule has 0 aromatic heterocycles. The van der Waals surface area contributed by atoms with Crippen molar-refractivity contribution < 1.29 is 23.8 Å². The first kappa shape index (κ1) is 23.3. The molecular formula is C27H29FO4. The van der Waals surface area contributed by atoms with Gasteiger partial charge in [0.25, 0.3) is 0 Å². The summed E-state index contributed by atoms with van der Waals surface area (Å²) in [4.78, 5) is 10.8. The fourth-order valence-electron chi connectivity index (χ4n) is 3.65. The van der Waals surface area contributed by atoms with Crippen LogP contribution in [0, 0.1) is 11.7 Å². The molecule has 1 N–H and O–H groups in total. The van der Waals surface area contributed by atoms with E-state index in [1.54, 1.807) is 19.2 Å². The summed E-state index contributed by atoms with van der Waals surface area (Å²) >= 11 is 0. The number of methoxy groups -OCH3 is 1. The highest BCUT2D eigenvalue weighted by Crippen LogP contribution is 2.32. The molecule has 0 aliphatic rings. The van der Waals surface area contributed by atoms with Crippen LogP contribution in [0.1, 0.15) is 37.0 Å². The number of halogens is 1. The van der Waals surface area contributed by atoms with Crippen LogP contribution in [-0.2, 0) is 24.2 Å². The van der Waals surface area contributed by atoms with Crippen molar-refractivity contribution in [2.24, 2.45) is 5.92 Å². The normalized spacial score (nSPS) is 10.9. The SMILES string of the molecule is COc1ccc(F)c(-c2ccc(COc3cccc(CCC(=O)O)c3)cc2CC(C)C)c1. The lowest BCUT2D eigenvalue weighted by Gasteiger charge is -2.16. The maximum atomic E-state index is 14.6. The van der Waals surface area contributed by atoms with Crippen LogP contribution in [0.4, 0.5) is 4.39 Å². The highest BCUT2D eigenvalue weighted by molar-refractivity contribution is 5.70. The molecule has 0 bridgehead atoms. The molecule has 0 saturated carbocycles. The molecule has 3 rings (SSSR count). The van der Waals surface area contributed by atoms with Crippen molar-refractivity contribution in [2.75, 3.05) is 7.11 Å². The molecule has 168 valence electrons. The fourth-order valence-corrected chi connectivity index (χ4v) is 3.65. The van der Waals surface area contributed by atoms with Crippen LogP contribution in [0.15, 0.2) is 60.7 Å². The Morgan fingerprint density at radius 2 is 1.78 bits per heavy atom. The van der Waals surface area contributed by atoms with Crippen LogP contribution in [-0.4, -0.2) is 18.2 Å². The summed E-state index contributed by atoms with van der Waals surface area (Å²) in [5.74, 6) is 0.623. The molecule has 32 heavy (non-hydrogen) atoms. The predicted molar refractivity (Wildman–Crippen MR) is 124 cm³/mol. The van der Waals surface area contributed by atoms with Gasteiger partial charge in [-0.15, -0.1) is 0 Å². The van der Waals surface area contributed by atoms with Gasteiger partial charge in [0.05, 0.1) is 7.11 Å². The van der Waals surface area contributed by atoms with E-state index in [0.717, 1.165) is 28.7 Å². The maximum absolute atomic E-state index is 14.6. The van der Waals surface area contributed by atoms with Crippen molar-refractivity contribution in [3.8, 4) is 22.6 Å². The molecule has 0 radical (unpaired) electrons. The van der Waals surface area contributed by atoms with Gasteiger partial charge < -0.3 is 14.6 Å². The highest BCUT2D eigenvalue weighted by Gasteiger charge is 2.14. The summed E-state index contributed by atoms with van der Waals surface area (Å²) in [6.45, 7) is 4.64. The van der Waals surface area contributed by atoms with Crippen molar-refractivity contribution >= 4 is 5.97 Å². The topological polar surface area (TPSA) is 55.8 Å². The number of carboxylic acids is 1. The van der Waals surface area contributed by atoms with Gasteiger partial charge in [-0.1, -0.05) is 44.2 Å². The van der Waals surface area contributed by atoms with Crippen molar-refractivity contribution in [1.82, 2.24) is 0 Å². The summed E-state index contributed by atoms with van der Waals surface area (Å²) in [5.41, 5.74) is 4.36. The average molecular weight is 437 g/mol. The molecule has 3 aromatic rings. The average Bonchev–Trinajstić information content (AvgIpc) is 2.77. The van der Waals surface area contributed by atoms with Crippen LogP contribution in [0.5, 0.6) is 11.5 Å². The number of benzene rings is 3. The summed E-state index contributed by atoms with van der Waals surface area (Å²) in [6.07, 6.45) is 1.36. The number of aryl methyl sites for hydroxylation is 1. The van der Waals surface area contributed by atoms with E-state index in [1.165, 1.54) is 6.07 Å². The Labute approximate surface area is 188 Å². The standard InChI is InChI=1S/C27H29FO4/c1-18(2)13-21-14-20(7-10-24(21)25-16-22(31-3)9-11-26(25)28)17-32-23-6-4-5-19(15-23)8-12-27(29)30/h4-7,9-11,14-16,18H,8,12-13,17H2,1-3H3,(H,29,30). The van der Waals surface area contributed by atoms with Gasteiger partial charge in [0, 0.05) is 12.0 Å². The number of ether oxygens (including phenoxy) is 2. The summed E-state index contributed by atoms with van der Waals surface area (Å²) in [7, 11) is 1.57. The van der Waals surface area contributed by atoms with Crippen molar-refractivity contribution in [3.05, 3.63) is 83.2 Å². The quantitative estimate of drug-likeness (QED) is 0.405. The zero-order valence-corrected chi connectivity index (χ0v) is 18.7. The molecule has 0 aliphatic carbocycles. The Morgan fingerprint density at radius 3 is 2.50 bits per heavy atom. The largest absolute Gasteiger partial charge is 0.497 e. The van der Waals surface area contributed by atoms with E-state index in [2.05, 4.69) is 19.9 Å². The zero-order chi connectivity index (χ0) is 23.1. The second-order valence-corrected chi connectivity index (χ2v) is 8.27. The van der Waals surface area contributed by atoms with Crippen LogP contribution >= 0.6 is 0 Å². The second-order valence-electron chi connectivity index (χ2n) is 8.27. The van der Waals surface area contributed by atoms with E-state index in [1.807, 2.05) is 36.4 Å². The van der Waals surface area contributed by atoms with Gasteiger partial charge in [-0.05, 0) is 71.3 Å². The number of rotatable bonds is 10. The van der Waals surface area contributed by atoms with Crippen molar-refractivity contribution in [1.29, 1.82) is 0 Å². The Kier molecular flexibility index (Phi) is 7.87. The molecule has 0 unspecified atom stereocenters. The van der Waals surface area contributed by atoms with E-state index in [0.29, 0.717) is 36.0 Å². The minimum absolute atomic E-state index is 0.0876. The van der Waals surface area contributed by atoms with E-state index >= 15 is 0 Å². The maximum Gasteiger partial charge on any atom is 0.303 e. The molecule has 0 amide bonds. The molecule has 0 aliphatic heterocycles. The molecule has 0 fully saturated rings. The summed E-state index contributed by atoms with van der Waals surface area (Å²) in [5, 5.41) is 8.87. The molecule has 0 heterocycles. The van der Waals surface area contributed by atoms with Gasteiger partial charge in [-0.3, -0.25) is 4.79 Å². The Hall–Kier alpha value is -3.34. The van der Waals surface area contributed by atoms with Crippen LogP contribution in [0.25, 0.3) is 11.1 Å². The molecule has 0 spiro atoms. The zero-order valence-electron chi connectivity index (χ0n) is 18.7. The number of hydrogen-bond acceptors (Lipinski definition) is 3. The smallest absolute Gasteiger partial charge is 0.303 e. The number of aliphatic carboxylic acids is 1. The van der Waals surface area contributed by atoms with Gasteiger partial charge >= 0.3 is 5.97 Å². The first-order valence-corrected chi connectivity index (χ1v) is 10.7.